The minimum atomic E-state index is -0.404. The first-order valence-electron chi connectivity index (χ1n) is 6.35. The van der Waals surface area contributed by atoms with Gasteiger partial charge in [-0.05, 0) is 45.9 Å². The highest BCUT2D eigenvalue weighted by molar-refractivity contribution is 14.1. The molecule has 3 aromatic rings. The molecule has 0 unspecified atom stereocenters. The van der Waals surface area contributed by atoms with Crippen LogP contribution in [0.3, 0.4) is 0 Å². The molecule has 5 heteroatoms. The van der Waals surface area contributed by atoms with Gasteiger partial charge in [0.15, 0.2) is 0 Å². The SMILES string of the molecule is Fc1cccc(Cn2cc(-c3ccccc3I)cn2)c1Cl. The Bertz CT molecular complexity index is 785. The number of hydrogen-bond acceptors (Lipinski definition) is 1. The molecule has 0 radical (unpaired) electrons. The third kappa shape index (κ3) is 3.11. The van der Waals surface area contributed by atoms with Gasteiger partial charge < -0.3 is 0 Å². The molecule has 2 nitrogen and oxygen atoms in total. The number of aromatic nitrogens is 2. The van der Waals surface area contributed by atoms with Crippen molar-refractivity contribution in [3.05, 3.63) is 74.8 Å². The predicted octanol–water partition coefficient (Wildman–Crippen LogP) is 5.00. The summed E-state index contributed by atoms with van der Waals surface area (Å²) in [6.45, 7) is 0.444. The molecule has 0 saturated heterocycles. The molecule has 0 aliphatic rings. The van der Waals surface area contributed by atoms with Crippen LogP contribution in [0, 0.1) is 9.39 Å². The molecular formula is C16H11ClFIN2. The standard InChI is InChI=1S/C16H11ClFIN2/c17-16-11(4-3-6-14(16)18)9-21-10-12(8-20-21)13-5-1-2-7-15(13)19/h1-8,10H,9H2. The summed E-state index contributed by atoms with van der Waals surface area (Å²) in [7, 11) is 0. The minimum absolute atomic E-state index is 0.156. The van der Waals surface area contributed by atoms with Crippen LogP contribution in [-0.4, -0.2) is 9.78 Å². The van der Waals surface area contributed by atoms with Crippen molar-refractivity contribution < 1.29 is 4.39 Å². The average Bonchev–Trinajstić information content (AvgIpc) is 2.93. The number of benzene rings is 2. The van der Waals surface area contributed by atoms with Gasteiger partial charge in [0, 0.05) is 15.3 Å². The van der Waals surface area contributed by atoms with Crippen molar-refractivity contribution in [2.75, 3.05) is 0 Å². The molecule has 2 aromatic carbocycles. The number of hydrogen-bond donors (Lipinski definition) is 0. The molecule has 0 saturated carbocycles. The fraction of sp³-hybridized carbons (Fsp3) is 0.0625. The van der Waals surface area contributed by atoms with Crippen LogP contribution in [0.25, 0.3) is 11.1 Å². The normalized spacial score (nSPS) is 10.8. The van der Waals surface area contributed by atoms with E-state index in [0.29, 0.717) is 12.1 Å². The van der Waals surface area contributed by atoms with Gasteiger partial charge >= 0.3 is 0 Å². The molecule has 3 rings (SSSR count). The van der Waals surface area contributed by atoms with Gasteiger partial charge in [0.05, 0.1) is 17.8 Å². The van der Waals surface area contributed by atoms with Crippen molar-refractivity contribution >= 4 is 34.2 Å². The third-order valence-corrected chi connectivity index (χ3v) is 4.55. The van der Waals surface area contributed by atoms with E-state index in [1.807, 2.05) is 24.5 Å². The summed E-state index contributed by atoms with van der Waals surface area (Å²) >= 11 is 8.27. The van der Waals surface area contributed by atoms with E-state index < -0.39 is 5.82 Å². The van der Waals surface area contributed by atoms with Crippen LogP contribution in [0.4, 0.5) is 4.39 Å². The zero-order valence-corrected chi connectivity index (χ0v) is 13.8. The van der Waals surface area contributed by atoms with E-state index in [4.69, 9.17) is 11.6 Å². The van der Waals surface area contributed by atoms with Gasteiger partial charge in [0.25, 0.3) is 0 Å². The lowest BCUT2D eigenvalue weighted by Gasteiger charge is -2.05. The van der Waals surface area contributed by atoms with Crippen molar-refractivity contribution in [2.45, 2.75) is 6.54 Å². The van der Waals surface area contributed by atoms with Crippen LogP contribution in [0.1, 0.15) is 5.56 Å². The number of rotatable bonds is 3. The number of halogens is 3. The summed E-state index contributed by atoms with van der Waals surface area (Å²) in [5.41, 5.74) is 2.89. The topological polar surface area (TPSA) is 17.8 Å². The molecule has 0 aliphatic heterocycles. The van der Waals surface area contributed by atoms with Crippen molar-refractivity contribution in [3.8, 4) is 11.1 Å². The molecule has 0 fully saturated rings. The second kappa shape index (κ2) is 6.15. The molecule has 0 aliphatic carbocycles. The first-order chi connectivity index (χ1) is 10.1. The van der Waals surface area contributed by atoms with E-state index in [9.17, 15) is 4.39 Å². The third-order valence-electron chi connectivity index (χ3n) is 3.18. The first-order valence-corrected chi connectivity index (χ1v) is 7.81. The van der Waals surface area contributed by atoms with Crippen LogP contribution in [0.5, 0.6) is 0 Å². The van der Waals surface area contributed by atoms with Crippen molar-refractivity contribution in [3.63, 3.8) is 0 Å². The smallest absolute Gasteiger partial charge is 0.142 e. The monoisotopic (exact) mass is 412 g/mol. The molecular weight excluding hydrogens is 402 g/mol. The molecule has 1 aromatic heterocycles. The lowest BCUT2D eigenvalue weighted by molar-refractivity contribution is 0.620. The molecule has 0 N–H and O–H groups in total. The Morgan fingerprint density at radius 2 is 1.95 bits per heavy atom. The van der Waals surface area contributed by atoms with E-state index >= 15 is 0 Å². The van der Waals surface area contributed by atoms with Crippen LogP contribution in [0.2, 0.25) is 5.02 Å². The minimum Gasteiger partial charge on any atom is -0.268 e. The Balaban J connectivity index is 1.89. The Morgan fingerprint density at radius 3 is 2.76 bits per heavy atom. The summed E-state index contributed by atoms with van der Waals surface area (Å²) in [6.07, 6.45) is 3.75. The van der Waals surface area contributed by atoms with Crippen LogP contribution >= 0.6 is 34.2 Å². The van der Waals surface area contributed by atoms with Crippen LogP contribution in [0.15, 0.2) is 54.9 Å². The van der Waals surface area contributed by atoms with Crippen molar-refractivity contribution in [1.29, 1.82) is 0 Å². The summed E-state index contributed by atoms with van der Waals surface area (Å²) < 4.78 is 16.4. The van der Waals surface area contributed by atoms with Crippen molar-refractivity contribution in [1.82, 2.24) is 9.78 Å². The Labute approximate surface area is 140 Å². The van der Waals surface area contributed by atoms with Gasteiger partial charge in [-0.2, -0.15) is 5.10 Å². The summed E-state index contributed by atoms with van der Waals surface area (Å²) in [4.78, 5) is 0. The van der Waals surface area contributed by atoms with Gasteiger partial charge in [-0.1, -0.05) is 41.9 Å². The van der Waals surface area contributed by atoms with E-state index in [0.717, 1.165) is 11.1 Å². The maximum absolute atomic E-state index is 13.4. The highest BCUT2D eigenvalue weighted by Gasteiger charge is 2.09. The Hall–Kier alpha value is -1.40. The van der Waals surface area contributed by atoms with Gasteiger partial charge in [-0.15, -0.1) is 0 Å². The summed E-state index contributed by atoms with van der Waals surface area (Å²) in [5, 5.41) is 4.49. The molecule has 106 valence electrons. The van der Waals surface area contributed by atoms with Crippen LogP contribution in [-0.2, 0) is 6.54 Å². The molecule has 0 amide bonds. The fourth-order valence-electron chi connectivity index (χ4n) is 2.13. The highest BCUT2D eigenvalue weighted by Crippen LogP contribution is 2.25. The first kappa shape index (κ1) is 14.5. The fourth-order valence-corrected chi connectivity index (χ4v) is 3.01. The summed E-state index contributed by atoms with van der Waals surface area (Å²) in [5.74, 6) is -0.404. The Kier molecular flexibility index (Phi) is 4.26. The van der Waals surface area contributed by atoms with E-state index in [-0.39, 0.29) is 5.02 Å². The zero-order chi connectivity index (χ0) is 14.8. The zero-order valence-electron chi connectivity index (χ0n) is 10.9. The van der Waals surface area contributed by atoms with E-state index in [2.05, 4.69) is 39.8 Å². The number of nitrogens with zero attached hydrogens (tertiary/aromatic N) is 2. The van der Waals surface area contributed by atoms with Gasteiger partial charge in [0.1, 0.15) is 5.82 Å². The maximum atomic E-state index is 13.4. The quantitative estimate of drug-likeness (QED) is 0.554. The lowest BCUT2D eigenvalue weighted by Crippen LogP contribution is -2.01. The molecule has 0 spiro atoms. The van der Waals surface area contributed by atoms with Crippen LogP contribution < -0.4 is 0 Å². The molecule has 0 bridgehead atoms. The van der Waals surface area contributed by atoms with E-state index in [1.54, 1.807) is 16.8 Å². The molecule has 1 heterocycles. The second-order valence-corrected chi connectivity index (χ2v) is 6.16. The van der Waals surface area contributed by atoms with Gasteiger partial charge in [-0.3, -0.25) is 4.68 Å². The predicted molar refractivity (Wildman–Crippen MR) is 90.9 cm³/mol. The van der Waals surface area contributed by atoms with Crippen molar-refractivity contribution in [2.24, 2.45) is 0 Å². The average molecular weight is 413 g/mol. The highest BCUT2D eigenvalue weighted by atomic mass is 127. The largest absolute Gasteiger partial charge is 0.268 e. The second-order valence-electron chi connectivity index (χ2n) is 4.62. The van der Waals surface area contributed by atoms with E-state index in [1.165, 1.54) is 9.64 Å². The maximum Gasteiger partial charge on any atom is 0.142 e. The van der Waals surface area contributed by atoms with Gasteiger partial charge in [0.2, 0.25) is 0 Å². The Morgan fingerprint density at radius 1 is 1.14 bits per heavy atom. The molecule has 21 heavy (non-hydrogen) atoms. The summed E-state index contributed by atoms with van der Waals surface area (Å²) in [6, 6.07) is 12.9. The van der Waals surface area contributed by atoms with Gasteiger partial charge in [-0.25, -0.2) is 4.39 Å². The molecule has 0 atom stereocenters. The lowest BCUT2D eigenvalue weighted by atomic mass is 10.1.